The van der Waals surface area contributed by atoms with Crippen LogP contribution in [0, 0.1) is 0 Å². The van der Waals surface area contributed by atoms with Crippen molar-refractivity contribution in [1.29, 1.82) is 0 Å². The lowest BCUT2D eigenvalue weighted by Gasteiger charge is -2.28. The average Bonchev–Trinajstić information content (AvgIpc) is 3.29. The van der Waals surface area contributed by atoms with Gasteiger partial charge in [0.05, 0.1) is 13.2 Å². The zero-order valence-corrected chi connectivity index (χ0v) is 16.6. The summed E-state index contributed by atoms with van der Waals surface area (Å²) in [5.41, 5.74) is 2.37. The molecule has 29 heavy (non-hydrogen) atoms. The van der Waals surface area contributed by atoms with E-state index >= 15 is 0 Å². The van der Waals surface area contributed by atoms with E-state index in [0.29, 0.717) is 25.0 Å². The first kappa shape index (κ1) is 18.5. The molecule has 0 N–H and O–H groups in total. The zero-order chi connectivity index (χ0) is 19.6. The number of hydrogen-bond acceptors (Lipinski definition) is 6. The van der Waals surface area contributed by atoms with Crippen LogP contribution in [0.4, 0.5) is 5.82 Å². The van der Waals surface area contributed by atoms with Gasteiger partial charge in [0.15, 0.2) is 0 Å². The molecule has 3 aliphatic rings. The Bertz CT molecular complexity index is 855. The largest absolute Gasteiger partial charge is 0.378 e. The molecular weight excluding hydrogens is 366 g/mol. The topological polar surface area (TPSA) is 61.8 Å². The quantitative estimate of drug-likeness (QED) is 0.770. The minimum absolute atomic E-state index is 0.261. The molecule has 3 fully saturated rings. The van der Waals surface area contributed by atoms with Gasteiger partial charge in [0, 0.05) is 69.8 Å². The van der Waals surface area contributed by atoms with Gasteiger partial charge in [-0.1, -0.05) is 6.07 Å². The average molecular weight is 393 g/mol. The third kappa shape index (κ3) is 3.84. The van der Waals surface area contributed by atoms with Crippen LogP contribution in [0.5, 0.6) is 0 Å². The van der Waals surface area contributed by atoms with Gasteiger partial charge in [0.25, 0.3) is 0 Å². The number of pyridine rings is 2. The summed E-state index contributed by atoms with van der Waals surface area (Å²) >= 11 is 0. The van der Waals surface area contributed by atoms with E-state index in [1.165, 1.54) is 5.56 Å². The van der Waals surface area contributed by atoms with Crippen LogP contribution in [-0.2, 0) is 22.6 Å². The molecule has 1 amide bonds. The van der Waals surface area contributed by atoms with Crippen molar-refractivity contribution in [3.05, 3.63) is 54.0 Å². The number of fused-ring (bicyclic) bond motifs is 1. The Morgan fingerprint density at radius 3 is 2.76 bits per heavy atom. The molecule has 0 radical (unpaired) electrons. The fourth-order valence-corrected chi connectivity index (χ4v) is 4.86. The van der Waals surface area contributed by atoms with Crippen molar-refractivity contribution < 1.29 is 9.53 Å². The Balaban J connectivity index is 1.26. The monoisotopic (exact) mass is 393 g/mol. The van der Waals surface area contributed by atoms with Crippen LogP contribution in [0.2, 0.25) is 0 Å². The van der Waals surface area contributed by atoms with Gasteiger partial charge in [-0.3, -0.25) is 14.7 Å². The van der Waals surface area contributed by atoms with Gasteiger partial charge in [0.1, 0.15) is 5.82 Å². The molecule has 3 aliphatic heterocycles. The number of carbonyl (C=O) groups excluding carboxylic acids is 1. The summed E-state index contributed by atoms with van der Waals surface area (Å²) in [5.74, 6) is 1.29. The molecule has 0 saturated carbocycles. The maximum atomic E-state index is 12.7. The summed E-state index contributed by atoms with van der Waals surface area (Å²) in [6.07, 6.45) is 7.19. The number of amides is 1. The first-order chi connectivity index (χ1) is 14.3. The van der Waals surface area contributed by atoms with Gasteiger partial charge in [-0.15, -0.1) is 0 Å². The standard InChI is InChI=1S/C22H27N5O2/c28-22-13-20-19(27(22)16-18-2-1-5-23-14-18)4-7-26(20)15-17-3-6-24-21(12-17)25-8-10-29-11-9-25/h1-3,5-6,12,14,19-20H,4,7-11,13,15-16H2/t19-,20-/m0/s1. The van der Waals surface area contributed by atoms with Crippen LogP contribution in [0.15, 0.2) is 42.9 Å². The van der Waals surface area contributed by atoms with Gasteiger partial charge in [-0.2, -0.15) is 0 Å². The number of anilines is 1. The summed E-state index contributed by atoms with van der Waals surface area (Å²) in [4.78, 5) is 28.3. The molecule has 3 saturated heterocycles. The highest BCUT2D eigenvalue weighted by Gasteiger charge is 2.46. The third-order valence-corrected chi connectivity index (χ3v) is 6.34. The molecule has 0 unspecified atom stereocenters. The van der Waals surface area contributed by atoms with E-state index in [9.17, 15) is 4.79 Å². The highest BCUT2D eigenvalue weighted by molar-refractivity contribution is 5.80. The van der Waals surface area contributed by atoms with Gasteiger partial charge in [-0.25, -0.2) is 4.98 Å². The second kappa shape index (κ2) is 8.08. The highest BCUT2D eigenvalue weighted by atomic mass is 16.5. The minimum atomic E-state index is 0.261. The van der Waals surface area contributed by atoms with Crippen LogP contribution >= 0.6 is 0 Å². The molecule has 0 aromatic carbocycles. The first-order valence-corrected chi connectivity index (χ1v) is 10.5. The number of morpholine rings is 1. The number of aromatic nitrogens is 2. The van der Waals surface area contributed by atoms with Crippen LogP contribution in [0.1, 0.15) is 24.0 Å². The molecule has 0 aliphatic carbocycles. The minimum Gasteiger partial charge on any atom is -0.378 e. The Morgan fingerprint density at radius 1 is 1.03 bits per heavy atom. The van der Waals surface area contributed by atoms with E-state index in [1.807, 2.05) is 24.5 Å². The van der Waals surface area contributed by atoms with Crippen molar-refractivity contribution in [2.75, 3.05) is 37.7 Å². The number of carbonyl (C=O) groups is 1. The number of nitrogens with zero attached hydrogens (tertiary/aromatic N) is 5. The number of ether oxygens (including phenoxy) is 1. The fourth-order valence-electron chi connectivity index (χ4n) is 4.86. The van der Waals surface area contributed by atoms with Crippen molar-refractivity contribution in [3.8, 4) is 0 Å². The van der Waals surface area contributed by atoms with Crippen molar-refractivity contribution in [3.63, 3.8) is 0 Å². The van der Waals surface area contributed by atoms with E-state index in [-0.39, 0.29) is 5.91 Å². The molecule has 5 heterocycles. The predicted octanol–water partition coefficient (Wildman–Crippen LogP) is 1.69. The van der Waals surface area contributed by atoms with E-state index in [0.717, 1.165) is 57.2 Å². The second-order valence-electron chi connectivity index (χ2n) is 8.10. The molecule has 152 valence electrons. The van der Waals surface area contributed by atoms with E-state index < -0.39 is 0 Å². The molecular formula is C22H27N5O2. The molecule has 2 aromatic rings. The lowest BCUT2D eigenvalue weighted by atomic mass is 10.1. The molecule has 2 atom stereocenters. The van der Waals surface area contributed by atoms with Crippen LogP contribution in [0.25, 0.3) is 0 Å². The van der Waals surface area contributed by atoms with Gasteiger partial charge < -0.3 is 14.5 Å². The van der Waals surface area contributed by atoms with Crippen LogP contribution in [0.3, 0.4) is 0 Å². The number of likely N-dealkylation sites (tertiary alicyclic amines) is 2. The van der Waals surface area contributed by atoms with Gasteiger partial charge in [-0.05, 0) is 35.7 Å². The van der Waals surface area contributed by atoms with Crippen molar-refractivity contribution in [2.24, 2.45) is 0 Å². The summed E-state index contributed by atoms with van der Waals surface area (Å²) in [5, 5.41) is 0. The maximum Gasteiger partial charge on any atom is 0.224 e. The van der Waals surface area contributed by atoms with Crippen LogP contribution < -0.4 is 4.90 Å². The summed E-state index contributed by atoms with van der Waals surface area (Å²) in [6, 6.07) is 8.89. The number of hydrogen-bond donors (Lipinski definition) is 0. The second-order valence-corrected chi connectivity index (χ2v) is 8.10. The summed E-state index contributed by atoms with van der Waals surface area (Å²) in [7, 11) is 0. The fraction of sp³-hybridized carbons (Fsp3) is 0.500. The van der Waals surface area contributed by atoms with Gasteiger partial charge >= 0.3 is 0 Å². The maximum absolute atomic E-state index is 12.7. The van der Waals surface area contributed by atoms with E-state index in [2.05, 4.69) is 36.8 Å². The van der Waals surface area contributed by atoms with Crippen molar-refractivity contribution in [2.45, 2.75) is 38.0 Å². The lowest BCUT2D eigenvalue weighted by molar-refractivity contribution is -0.129. The van der Waals surface area contributed by atoms with Crippen molar-refractivity contribution >= 4 is 11.7 Å². The Kier molecular flexibility index (Phi) is 5.16. The Morgan fingerprint density at radius 2 is 1.93 bits per heavy atom. The summed E-state index contributed by atoms with van der Waals surface area (Å²) in [6.45, 7) is 5.87. The molecule has 2 aromatic heterocycles. The SMILES string of the molecule is O=C1C[C@H]2[C@H](CCN2Cc2ccnc(N3CCOCC3)c2)N1Cc1cccnc1. The van der Waals surface area contributed by atoms with E-state index in [4.69, 9.17) is 4.74 Å². The Labute approximate surface area is 171 Å². The molecule has 7 nitrogen and oxygen atoms in total. The lowest BCUT2D eigenvalue weighted by Crippen LogP contribution is -2.37. The summed E-state index contributed by atoms with van der Waals surface area (Å²) < 4.78 is 5.45. The van der Waals surface area contributed by atoms with E-state index in [1.54, 1.807) is 6.20 Å². The van der Waals surface area contributed by atoms with Gasteiger partial charge in [0.2, 0.25) is 5.91 Å². The number of rotatable bonds is 5. The molecule has 0 spiro atoms. The third-order valence-electron chi connectivity index (χ3n) is 6.34. The first-order valence-electron chi connectivity index (χ1n) is 10.5. The van der Waals surface area contributed by atoms with Crippen LogP contribution in [-0.4, -0.2) is 70.6 Å². The van der Waals surface area contributed by atoms with Crippen molar-refractivity contribution in [1.82, 2.24) is 19.8 Å². The Hall–Kier alpha value is -2.51. The zero-order valence-electron chi connectivity index (χ0n) is 16.6. The molecule has 5 rings (SSSR count). The highest BCUT2D eigenvalue weighted by Crippen LogP contribution is 2.34. The normalized spacial score (nSPS) is 24.9. The molecule has 0 bridgehead atoms. The molecule has 7 heteroatoms. The smallest absolute Gasteiger partial charge is 0.224 e. The predicted molar refractivity (Wildman–Crippen MR) is 109 cm³/mol.